The van der Waals surface area contributed by atoms with Gasteiger partial charge < -0.3 is 15.8 Å². The highest BCUT2D eigenvalue weighted by Gasteiger charge is 2.09. The van der Waals surface area contributed by atoms with E-state index in [1.807, 2.05) is 25.1 Å². The quantitative estimate of drug-likeness (QED) is 0.753. The van der Waals surface area contributed by atoms with Gasteiger partial charge in [-0.2, -0.15) is 0 Å². The molecule has 0 fully saturated rings. The fraction of sp³-hybridized carbons (Fsp3) is 0.357. The van der Waals surface area contributed by atoms with Gasteiger partial charge in [-0.15, -0.1) is 6.58 Å². The summed E-state index contributed by atoms with van der Waals surface area (Å²) in [6, 6.07) is 5.70. The lowest BCUT2D eigenvalue weighted by atomic mass is 10.1. The number of nitrogens with one attached hydrogen (secondary N) is 1. The molecule has 0 aromatic heterocycles. The molecule has 5 heteroatoms. The SMILES string of the molecule is C=CCNC(=O)COc1ccc(Br)cc1CC(C)N. The van der Waals surface area contributed by atoms with Gasteiger partial charge in [0.2, 0.25) is 0 Å². The molecular formula is C14H19BrN2O2. The molecule has 1 rings (SSSR count). The molecule has 0 heterocycles. The Balaban J connectivity index is 2.66. The fourth-order valence-corrected chi connectivity index (χ4v) is 1.98. The lowest BCUT2D eigenvalue weighted by molar-refractivity contribution is -0.122. The van der Waals surface area contributed by atoms with Gasteiger partial charge in [0.15, 0.2) is 6.61 Å². The molecule has 0 radical (unpaired) electrons. The maximum atomic E-state index is 11.5. The van der Waals surface area contributed by atoms with Crippen molar-refractivity contribution in [2.24, 2.45) is 5.73 Å². The number of rotatable bonds is 7. The van der Waals surface area contributed by atoms with Crippen molar-refractivity contribution in [3.63, 3.8) is 0 Å². The Morgan fingerprint density at radius 2 is 2.37 bits per heavy atom. The van der Waals surface area contributed by atoms with Gasteiger partial charge in [-0.05, 0) is 37.1 Å². The first kappa shape index (κ1) is 15.7. The van der Waals surface area contributed by atoms with Crippen molar-refractivity contribution in [3.05, 3.63) is 40.9 Å². The molecule has 1 amide bonds. The number of nitrogens with two attached hydrogens (primary N) is 1. The summed E-state index contributed by atoms with van der Waals surface area (Å²) in [5.74, 6) is 0.517. The van der Waals surface area contributed by atoms with Crippen LogP contribution < -0.4 is 15.8 Å². The molecule has 3 N–H and O–H groups in total. The molecule has 0 bridgehead atoms. The summed E-state index contributed by atoms with van der Waals surface area (Å²) < 4.78 is 6.49. The van der Waals surface area contributed by atoms with Gasteiger partial charge in [-0.1, -0.05) is 22.0 Å². The van der Waals surface area contributed by atoms with E-state index in [4.69, 9.17) is 10.5 Å². The van der Waals surface area contributed by atoms with Crippen LogP contribution in [0.15, 0.2) is 35.3 Å². The van der Waals surface area contributed by atoms with E-state index in [1.54, 1.807) is 6.08 Å². The zero-order valence-corrected chi connectivity index (χ0v) is 12.6. The lowest BCUT2D eigenvalue weighted by Gasteiger charge is -2.13. The van der Waals surface area contributed by atoms with Gasteiger partial charge >= 0.3 is 0 Å². The van der Waals surface area contributed by atoms with Crippen LogP contribution in [0.1, 0.15) is 12.5 Å². The van der Waals surface area contributed by atoms with Gasteiger partial charge in [-0.25, -0.2) is 0 Å². The van der Waals surface area contributed by atoms with E-state index in [1.165, 1.54) is 0 Å². The molecule has 0 saturated heterocycles. The van der Waals surface area contributed by atoms with Crippen molar-refractivity contribution in [2.75, 3.05) is 13.2 Å². The molecule has 19 heavy (non-hydrogen) atoms. The van der Waals surface area contributed by atoms with Crippen LogP contribution in [0.5, 0.6) is 5.75 Å². The summed E-state index contributed by atoms with van der Waals surface area (Å²) >= 11 is 3.41. The van der Waals surface area contributed by atoms with Crippen LogP contribution in [0, 0.1) is 0 Å². The van der Waals surface area contributed by atoms with Crippen LogP contribution in [-0.2, 0) is 11.2 Å². The monoisotopic (exact) mass is 326 g/mol. The second-order valence-corrected chi connectivity index (χ2v) is 5.23. The molecule has 1 aromatic rings. The number of hydrogen-bond acceptors (Lipinski definition) is 3. The molecule has 4 nitrogen and oxygen atoms in total. The van der Waals surface area contributed by atoms with Gasteiger partial charge in [0, 0.05) is 17.1 Å². The van der Waals surface area contributed by atoms with Crippen LogP contribution >= 0.6 is 15.9 Å². The Hall–Kier alpha value is -1.33. The molecule has 0 spiro atoms. The topological polar surface area (TPSA) is 64.3 Å². The molecule has 0 aliphatic heterocycles. The second-order valence-electron chi connectivity index (χ2n) is 4.31. The Kier molecular flexibility index (Phi) is 6.59. The highest BCUT2D eigenvalue weighted by Crippen LogP contribution is 2.24. The van der Waals surface area contributed by atoms with Crippen LogP contribution in [0.3, 0.4) is 0 Å². The number of ether oxygens (including phenoxy) is 1. The Morgan fingerprint density at radius 1 is 1.63 bits per heavy atom. The Morgan fingerprint density at radius 3 is 3.00 bits per heavy atom. The van der Waals surface area contributed by atoms with E-state index in [2.05, 4.69) is 27.8 Å². The summed E-state index contributed by atoms with van der Waals surface area (Å²) in [5, 5.41) is 2.66. The van der Waals surface area contributed by atoms with Crippen LogP contribution in [0.4, 0.5) is 0 Å². The zero-order chi connectivity index (χ0) is 14.3. The molecular weight excluding hydrogens is 308 g/mol. The molecule has 0 saturated carbocycles. The third-order valence-electron chi connectivity index (χ3n) is 2.37. The van der Waals surface area contributed by atoms with Gasteiger partial charge in [0.25, 0.3) is 5.91 Å². The average Bonchev–Trinajstić information content (AvgIpc) is 2.34. The number of amides is 1. The number of carbonyl (C=O) groups excluding carboxylic acids is 1. The van der Waals surface area contributed by atoms with Crippen molar-refractivity contribution in [1.29, 1.82) is 0 Å². The minimum Gasteiger partial charge on any atom is -0.483 e. The van der Waals surface area contributed by atoms with E-state index in [0.29, 0.717) is 18.7 Å². The van der Waals surface area contributed by atoms with E-state index in [-0.39, 0.29) is 18.6 Å². The molecule has 0 aliphatic carbocycles. The van der Waals surface area contributed by atoms with Crippen LogP contribution in [-0.4, -0.2) is 25.1 Å². The Labute approximate surface area is 122 Å². The fourth-order valence-electron chi connectivity index (χ4n) is 1.58. The largest absolute Gasteiger partial charge is 0.483 e. The van der Waals surface area contributed by atoms with E-state index < -0.39 is 0 Å². The second kappa shape index (κ2) is 7.96. The van der Waals surface area contributed by atoms with Gasteiger partial charge in [0.1, 0.15) is 5.75 Å². The standard InChI is InChI=1S/C14H19BrN2O2/c1-3-6-17-14(18)9-19-13-5-4-12(15)8-11(13)7-10(2)16/h3-5,8,10H,1,6-7,9,16H2,2H3,(H,17,18). The lowest BCUT2D eigenvalue weighted by Crippen LogP contribution is -2.29. The predicted octanol–water partition coefficient (Wildman–Crippen LogP) is 2.02. The van der Waals surface area contributed by atoms with Gasteiger partial charge in [0.05, 0.1) is 0 Å². The molecule has 1 aromatic carbocycles. The van der Waals surface area contributed by atoms with Crippen molar-refractivity contribution in [3.8, 4) is 5.75 Å². The maximum Gasteiger partial charge on any atom is 0.258 e. The number of benzene rings is 1. The van der Waals surface area contributed by atoms with Crippen LogP contribution in [0.25, 0.3) is 0 Å². The summed E-state index contributed by atoms with van der Waals surface area (Å²) in [5.41, 5.74) is 6.79. The number of carbonyl (C=O) groups is 1. The summed E-state index contributed by atoms with van der Waals surface area (Å²) in [6.45, 7) is 5.89. The maximum absolute atomic E-state index is 11.5. The first-order chi connectivity index (χ1) is 9.02. The van der Waals surface area contributed by atoms with E-state index in [9.17, 15) is 4.79 Å². The molecule has 1 unspecified atom stereocenters. The summed E-state index contributed by atoms with van der Waals surface area (Å²) in [6.07, 6.45) is 2.32. The van der Waals surface area contributed by atoms with Gasteiger partial charge in [-0.3, -0.25) is 4.79 Å². The molecule has 104 valence electrons. The summed E-state index contributed by atoms with van der Waals surface area (Å²) in [4.78, 5) is 11.5. The van der Waals surface area contributed by atoms with Crippen molar-refractivity contribution < 1.29 is 9.53 Å². The first-order valence-corrected chi connectivity index (χ1v) is 6.86. The third kappa shape index (κ3) is 5.89. The smallest absolute Gasteiger partial charge is 0.258 e. The summed E-state index contributed by atoms with van der Waals surface area (Å²) in [7, 11) is 0. The number of halogens is 1. The first-order valence-electron chi connectivity index (χ1n) is 6.07. The molecule has 1 atom stereocenters. The van der Waals surface area contributed by atoms with E-state index in [0.717, 1.165) is 10.0 Å². The van der Waals surface area contributed by atoms with Crippen molar-refractivity contribution in [1.82, 2.24) is 5.32 Å². The average molecular weight is 327 g/mol. The number of hydrogen-bond donors (Lipinski definition) is 2. The third-order valence-corrected chi connectivity index (χ3v) is 2.86. The zero-order valence-electron chi connectivity index (χ0n) is 11.0. The minimum atomic E-state index is -0.172. The Bertz CT molecular complexity index is 447. The van der Waals surface area contributed by atoms with Crippen LogP contribution in [0.2, 0.25) is 0 Å². The normalized spacial score (nSPS) is 11.7. The highest BCUT2D eigenvalue weighted by molar-refractivity contribution is 9.10. The molecule has 0 aliphatic rings. The highest BCUT2D eigenvalue weighted by atomic mass is 79.9. The van der Waals surface area contributed by atoms with Crippen molar-refractivity contribution in [2.45, 2.75) is 19.4 Å². The predicted molar refractivity (Wildman–Crippen MR) is 80.2 cm³/mol. The van der Waals surface area contributed by atoms with Crippen molar-refractivity contribution >= 4 is 21.8 Å². The minimum absolute atomic E-state index is 0.0125. The van der Waals surface area contributed by atoms with E-state index >= 15 is 0 Å².